The first-order chi connectivity index (χ1) is 2.91. The highest BCUT2D eigenvalue weighted by Gasteiger charge is 1.59. The molecule has 0 saturated carbocycles. The van der Waals surface area contributed by atoms with Crippen molar-refractivity contribution in [2.24, 2.45) is 0 Å². The lowest BCUT2D eigenvalue weighted by Gasteiger charge is -1.72. The molecular weight excluding hydrogens is 110 g/mol. The van der Waals surface area contributed by atoms with E-state index in [-0.39, 0.29) is 0 Å². The minimum atomic E-state index is 1.08. The van der Waals surface area contributed by atoms with E-state index in [9.17, 15) is 0 Å². The molecule has 0 fully saturated rings. The second kappa shape index (κ2) is 5.60. The van der Waals surface area contributed by atoms with Gasteiger partial charge in [0.1, 0.15) is 0 Å². The molecule has 0 aromatic carbocycles. The summed E-state index contributed by atoms with van der Waals surface area (Å²) in [6.45, 7) is 0. The molecule has 0 aliphatic carbocycles. The van der Waals surface area contributed by atoms with Gasteiger partial charge in [-0.3, -0.25) is 0 Å². The molecule has 0 rings (SSSR count). The highest BCUT2D eigenvalue weighted by Crippen LogP contribution is 1.84. The number of hydrogen-bond donors (Lipinski definition) is 0. The average molecular weight is 120 g/mol. The van der Waals surface area contributed by atoms with Gasteiger partial charge in [0.15, 0.2) is 0 Å². The van der Waals surface area contributed by atoms with Crippen molar-refractivity contribution in [2.45, 2.75) is 0 Å². The van der Waals surface area contributed by atoms with Crippen molar-refractivity contribution in [1.82, 2.24) is 0 Å². The van der Waals surface area contributed by atoms with Crippen molar-refractivity contribution in [3.63, 3.8) is 0 Å². The van der Waals surface area contributed by atoms with Crippen LogP contribution in [0.15, 0.2) is 12.2 Å². The lowest BCUT2D eigenvalue weighted by Crippen LogP contribution is -1.58. The van der Waals surface area contributed by atoms with Crippen molar-refractivity contribution in [1.29, 1.82) is 0 Å². The van der Waals surface area contributed by atoms with Crippen molar-refractivity contribution in [3.8, 4) is 0 Å². The molecule has 0 saturated heterocycles. The zero-order valence-corrected chi connectivity index (χ0v) is 6.03. The third-order valence-electron chi connectivity index (χ3n) is 0.439. The van der Waals surface area contributed by atoms with Crippen molar-refractivity contribution in [2.75, 3.05) is 12.3 Å². The number of allylic oxidation sites excluding steroid dienone is 2. The predicted molar refractivity (Wildman–Crippen MR) is 38.3 cm³/mol. The molecule has 2 atom stereocenters. The molecular formula is C4H10P2. The van der Waals surface area contributed by atoms with Crippen LogP contribution in [0.5, 0.6) is 0 Å². The fourth-order valence-electron chi connectivity index (χ4n) is 0.192. The van der Waals surface area contributed by atoms with Crippen LogP contribution in [-0.4, -0.2) is 12.3 Å². The van der Waals surface area contributed by atoms with Crippen LogP contribution in [0, 0.1) is 0 Å². The third-order valence-corrected chi connectivity index (χ3v) is 0.983. The van der Waals surface area contributed by atoms with E-state index in [0.717, 1.165) is 12.3 Å². The first-order valence-corrected chi connectivity index (χ1v) is 3.60. The second-order valence-electron chi connectivity index (χ2n) is 0.943. The van der Waals surface area contributed by atoms with E-state index < -0.39 is 0 Å². The molecule has 2 heteroatoms. The molecule has 36 valence electrons. The van der Waals surface area contributed by atoms with Crippen LogP contribution in [0.4, 0.5) is 0 Å². The van der Waals surface area contributed by atoms with Crippen LogP contribution >= 0.6 is 18.5 Å². The first-order valence-electron chi connectivity index (χ1n) is 1.97. The molecule has 0 radical (unpaired) electrons. The van der Waals surface area contributed by atoms with Gasteiger partial charge in [-0.05, 0) is 12.3 Å². The molecule has 0 amide bonds. The smallest absolute Gasteiger partial charge is 0.0200 e. The predicted octanol–water partition coefficient (Wildman–Crippen LogP) is 1.29. The summed E-state index contributed by atoms with van der Waals surface area (Å²) in [4.78, 5) is 0. The Labute approximate surface area is 43.8 Å². The van der Waals surface area contributed by atoms with Gasteiger partial charge in [-0.25, -0.2) is 0 Å². The zero-order valence-electron chi connectivity index (χ0n) is 3.72. The van der Waals surface area contributed by atoms with E-state index in [1.54, 1.807) is 0 Å². The van der Waals surface area contributed by atoms with Gasteiger partial charge in [-0.1, -0.05) is 12.2 Å². The molecule has 0 aliphatic heterocycles. The van der Waals surface area contributed by atoms with Gasteiger partial charge in [0.05, 0.1) is 0 Å². The van der Waals surface area contributed by atoms with E-state index in [4.69, 9.17) is 0 Å². The van der Waals surface area contributed by atoms with Crippen LogP contribution in [0.3, 0.4) is 0 Å². The van der Waals surface area contributed by atoms with Gasteiger partial charge in [-0.15, -0.1) is 18.5 Å². The van der Waals surface area contributed by atoms with Crippen LogP contribution in [0.1, 0.15) is 0 Å². The Morgan fingerprint density at radius 1 is 1.00 bits per heavy atom. The molecule has 6 heavy (non-hydrogen) atoms. The highest BCUT2D eigenvalue weighted by molar-refractivity contribution is 7.17. The van der Waals surface area contributed by atoms with Gasteiger partial charge in [0.2, 0.25) is 0 Å². The molecule has 0 nitrogen and oxygen atoms in total. The summed E-state index contributed by atoms with van der Waals surface area (Å²) in [5, 5.41) is 0. The molecule has 0 heterocycles. The maximum atomic E-state index is 2.63. The molecule has 0 N–H and O–H groups in total. The van der Waals surface area contributed by atoms with Gasteiger partial charge >= 0.3 is 0 Å². The lowest BCUT2D eigenvalue weighted by molar-refractivity contribution is 1.68. The van der Waals surface area contributed by atoms with Crippen molar-refractivity contribution >= 4 is 18.5 Å². The molecule has 0 aliphatic rings. The summed E-state index contributed by atoms with van der Waals surface area (Å²) in [5.74, 6) is 0. The van der Waals surface area contributed by atoms with Crippen LogP contribution < -0.4 is 0 Å². The quantitative estimate of drug-likeness (QED) is 0.380. The largest absolute Gasteiger partial charge is 0.134 e. The monoisotopic (exact) mass is 120 g/mol. The van der Waals surface area contributed by atoms with Gasteiger partial charge in [-0.2, -0.15) is 0 Å². The average Bonchev–Trinajstić information content (AvgIpc) is 1.61. The third kappa shape index (κ3) is 4.60. The van der Waals surface area contributed by atoms with E-state index in [1.807, 2.05) is 0 Å². The van der Waals surface area contributed by atoms with E-state index in [1.165, 1.54) is 0 Å². The van der Waals surface area contributed by atoms with Crippen LogP contribution in [0.25, 0.3) is 0 Å². The van der Waals surface area contributed by atoms with Gasteiger partial charge in [0, 0.05) is 0 Å². The fraction of sp³-hybridized carbons (Fsp3) is 0.500. The van der Waals surface area contributed by atoms with Crippen molar-refractivity contribution in [3.05, 3.63) is 12.2 Å². The number of hydrogen-bond acceptors (Lipinski definition) is 0. The van der Waals surface area contributed by atoms with Crippen LogP contribution in [0.2, 0.25) is 0 Å². The normalized spacial score (nSPS) is 10.3. The maximum Gasteiger partial charge on any atom is -0.0200 e. The Morgan fingerprint density at radius 2 is 1.33 bits per heavy atom. The first kappa shape index (κ1) is 6.60. The summed E-state index contributed by atoms with van der Waals surface area (Å²) in [6.07, 6.45) is 6.40. The van der Waals surface area contributed by atoms with Gasteiger partial charge < -0.3 is 0 Å². The summed E-state index contributed by atoms with van der Waals surface area (Å²) >= 11 is 0. The second-order valence-corrected chi connectivity index (χ2v) is 1.89. The summed E-state index contributed by atoms with van der Waals surface area (Å²) in [6, 6.07) is 0. The van der Waals surface area contributed by atoms with E-state index in [0.29, 0.717) is 0 Å². The Morgan fingerprint density at radius 3 is 1.50 bits per heavy atom. The Hall–Kier alpha value is 0.600. The SMILES string of the molecule is PC/C=C/CP. The minimum Gasteiger partial charge on any atom is -0.134 e. The topological polar surface area (TPSA) is 0 Å². The zero-order chi connectivity index (χ0) is 4.83. The minimum absolute atomic E-state index is 1.08. The molecule has 0 spiro atoms. The molecule has 2 unspecified atom stereocenters. The van der Waals surface area contributed by atoms with Gasteiger partial charge in [0.25, 0.3) is 0 Å². The molecule has 0 aromatic heterocycles. The lowest BCUT2D eigenvalue weighted by atomic mass is 10.6. The Balaban J connectivity index is 2.73. The Bertz CT molecular complexity index is 34.8. The fourth-order valence-corrected chi connectivity index (χ4v) is 0.577. The number of rotatable bonds is 2. The Kier molecular flexibility index (Phi) is 6.16. The molecule has 0 aromatic rings. The molecule has 0 bridgehead atoms. The standard InChI is InChI=1S/C4H10P2/c5-3-1-2-4-6/h1-2H,3-6H2/b2-1+. The van der Waals surface area contributed by atoms with Crippen molar-refractivity contribution < 1.29 is 0 Å². The summed E-state index contributed by atoms with van der Waals surface area (Å²) in [5.41, 5.74) is 0. The van der Waals surface area contributed by atoms with E-state index >= 15 is 0 Å². The highest BCUT2D eigenvalue weighted by atomic mass is 31.0. The summed E-state index contributed by atoms with van der Waals surface area (Å²) < 4.78 is 0. The van der Waals surface area contributed by atoms with Crippen LogP contribution in [-0.2, 0) is 0 Å². The maximum absolute atomic E-state index is 2.63. The summed E-state index contributed by atoms with van der Waals surface area (Å²) in [7, 11) is 5.27. The van der Waals surface area contributed by atoms with E-state index in [2.05, 4.69) is 30.6 Å².